The van der Waals surface area contributed by atoms with E-state index in [0.29, 0.717) is 6.61 Å². The molecule has 1 unspecified atom stereocenters. The summed E-state index contributed by atoms with van der Waals surface area (Å²) in [6.07, 6.45) is 0.916. The van der Waals surface area contributed by atoms with Crippen molar-refractivity contribution in [3.63, 3.8) is 0 Å². The largest absolute Gasteiger partial charge is 0.465 e. The second-order valence-electron chi connectivity index (χ2n) is 4.74. The Hall–Kier alpha value is -1.06. The fourth-order valence-electron chi connectivity index (χ4n) is 1.63. The smallest absolute Gasteiger partial charge is 0.325 e. The van der Waals surface area contributed by atoms with E-state index in [-0.39, 0.29) is 29.8 Å². The van der Waals surface area contributed by atoms with Gasteiger partial charge in [-0.25, -0.2) is 0 Å². The minimum atomic E-state index is -0.341. The molecule has 0 aromatic carbocycles. The number of hydrogen-bond acceptors (Lipinski definition) is 3. The van der Waals surface area contributed by atoms with Crippen LogP contribution in [0.25, 0.3) is 0 Å². The van der Waals surface area contributed by atoms with Crippen molar-refractivity contribution in [3.05, 3.63) is 0 Å². The van der Waals surface area contributed by atoms with Crippen molar-refractivity contribution in [2.75, 3.05) is 20.2 Å². The predicted molar refractivity (Wildman–Crippen MR) is 56.2 cm³/mol. The molecule has 0 aliphatic heterocycles. The molecule has 0 aromatic rings. The van der Waals surface area contributed by atoms with Gasteiger partial charge >= 0.3 is 5.97 Å². The second-order valence-corrected chi connectivity index (χ2v) is 4.74. The highest BCUT2D eigenvalue weighted by molar-refractivity contribution is 5.85. The number of carbonyl (C=O) groups is 2. The van der Waals surface area contributed by atoms with E-state index in [1.54, 1.807) is 14.0 Å². The van der Waals surface area contributed by atoms with E-state index in [0.717, 1.165) is 6.42 Å². The molecular formula is C11H19NO3. The van der Waals surface area contributed by atoms with Gasteiger partial charge in [0, 0.05) is 13.0 Å². The summed E-state index contributed by atoms with van der Waals surface area (Å²) in [4.78, 5) is 24.4. The van der Waals surface area contributed by atoms with Gasteiger partial charge in [0.2, 0.25) is 5.91 Å². The van der Waals surface area contributed by atoms with Gasteiger partial charge in [-0.05, 0) is 18.8 Å². The highest BCUT2D eigenvalue weighted by Crippen LogP contribution is 2.52. The molecule has 0 N–H and O–H groups in total. The summed E-state index contributed by atoms with van der Waals surface area (Å²) in [6.45, 7) is 6.29. The number of esters is 1. The first kappa shape index (κ1) is 12.0. The van der Waals surface area contributed by atoms with Gasteiger partial charge in [-0.3, -0.25) is 9.59 Å². The van der Waals surface area contributed by atoms with Crippen molar-refractivity contribution in [1.29, 1.82) is 0 Å². The van der Waals surface area contributed by atoms with Crippen molar-refractivity contribution in [2.24, 2.45) is 11.3 Å². The van der Waals surface area contributed by atoms with Crippen LogP contribution >= 0.6 is 0 Å². The van der Waals surface area contributed by atoms with E-state index in [1.165, 1.54) is 4.90 Å². The summed E-state index contributed by atoms with van der Waals surface area (Å²) in [5.41, 5.74) is 0.111. The van der Waals surface area contributed by atoms with E-state index >= 15 is 0 Å². The van der Waals surface area contributed by atoms with E-state index in [1.807, 2.05) is 0 Å². The first-order valence-corrected chi connectivity index (χ1v) is 5.29. The zero-order chi connectivity index (χ0) is 11.6. The number of ether oxygens (including phenoxy) is 1. The molecule has 0 aromatic heterocycles. The van der Waals surface area contributed by atoms with E-state index < -0.39 is 0 Å². The van der Waals surface area contributed by atoms with Crippen LogP contribution in [0.2, 0.25) is 0 Å². The van der Waals surface area contributed by atoms with Gasteiger partial charge in [-0.2, -0.15) is 0 Å². The van der Waals surface area contributed by atoms with Crippen LogP contribution in [0.4, 0.5) is 0 Å². The molecule has 0 saturated heterocycles. The van der Waals surface area contributed by atoms with Gasteiger partial charge in [-0.15, -0.1) is 0 Å². The summed E-state index contributed by atoms with van der Waals surface area (Å²) in [5, 5.41) is 0. The normalized spacial score (nSPS) is 22.0. The Morgan fingerprint density at radius 2 is 2.00 bits per heavy atom. The van der Waals surface area contributed by atoms with Gasteiger partial charge in [-0.1, -0.05) is 13.8 Å². The van der Waals surface area contributed by atoms with Crippen LogP contribution in [-0.4, -0.2) is 37.0 Å². The quantitative estimate of drug-likeness (QED) is 0.656. The van der Waals surface area contributed by atoms with Crippen LogP contribution in [0, 0.1) is 11.3 Å². The maximum Gasteiger partial charge on any atom is 0.325 e. The number of rotatable bonds is 4. The van der Waals surface area contributed by atoms with E-state index in [9.17, 15) is 9.59 Å². The van der Waals surface area contributed by atoms with Gasteiger partial charge in [0.1, 0.15) is 6.54 Å². The van der Waals surface area contributed by atoms with Crippen molar-refractivity contribution in [2.45, 2.75) is 27.2 Å². The summed E-state index contributed by atoms with van der Waals surface area (Å²) >= 11 is 0. The van der Waals surface area contributed by atoms with E-state index in [4.69, 9.17) is 4.74 Å². The third-order valence-electron chi connectivity index (χ3n) is 2.86. The SMILES string of the molecule is CCOC(=O)CN(C)C(=O)C1CC1(C)C. The molecule has 86 valence electrons. The molecule has 1 rings (SSSR count). The van der Waals surface area contributed by atoms with Crippen LogP contribution in [0.1, 0.15) is 27.2 Å². The number of likely N-dealkylation sites (N-methyl/N-ethyl adjacent to an activating group) is 1. The third-order valence-corrected chi connectivity index (χ3v) is 2.86. The zero-order valence-corrected chi connectivity index (χ0v) is 9.87. The molecule has 4 nitrogen and oxygen atoms in total. The first-order chi connectivity index (χ1) is 6.88. The Morgan fingerprint density at radius 1 is 1.47 bits per heavy atom. The molecule has 1 aliphatic rings. The molecule has 1 fully saturated rings. The van der Waals surface area contributed by atoms with Gasteiger partial charge in [0.25, 0.3) is 0 Å². The topological polar surface area (TPSA) is 46.6 Å². The lowest BCUT2D eigenvalue weighted by atomic mass is 10.1. The van der Waals surface area contributed by atoms with Gasteiger partial charge in [0.05, 0.1) is 6.61 Å². The molecule has 1 saturated carbocycles. The van der Waals surface area contributed by atoms with Crippen LogP contribution in [0.3, 0.4) is 0 Å². The van der Waals surface area contributed by atoms with Gasteiger partial charge in [0.15, 0.2) is 0 Å². The minimum Gasteiger partial charge on any atom is -0.465 e. The van der Waals surface area contributed by atoms with Crippen molar-refractivity contribution in [3.8, 4) is 0 Å². The molecule has 0 radical (unpaired) electrons. The fraction of sp³-hybridized carbons (Fsp3) is 0.818. The average Bonchev–Trinajstić information content (AvgIpc) is 2.74. The van der Waals surface area contributed by atoms with Crippen molar-refractivity contribution in [1.82, 2.24) is 4.90 Å². The van der Waals surface area contributed by atoms with E-state index in [2.05, 4.69) is 13.8 Å². The Balaban J connectivity index is 2.38. The van der Waals surface area contributed by atoms with Crippen LogP contribution in [0.15, 0.2) is 0 Å². The molecule has 1 amide bonds. The number of hydrogen-bond donors (Lipinski definition) is 0. The predicted octanol–water partition coefficient (Wildman–Crippen LogP) is 1.05. The number of amides is 1. The summed E-state index contributed by atoms with van der Waals surface area (Å²) in [7, 11) is 1.65. The monoisotopic (exact) mass is 213 g/mol. The van der Waals surface area contributed by atoms with Crippen LogP contribution in [-0.2, 0) is 14.3 Å². The Kier molecular flexibility index (Phi) is 3.37. The molecule has 1 atom stereocenters. The lowest BCUT2D eigenvalue weighted by Crippen LogP contribution is -2.34. The summed E-state index contributed by atoms with van der Waals surface area (Å²) < 4.78 is 4.78. The van der Waals surface area contributed by atoms with Crippen molar-refractivity contribution >= 4 is 11.9 Å². The Bertz CT molecular complexity index is 273. The average molecular weight is 213 g/mol. The highest BCUT2D eigenvalue weighted by Gasteiger charge is 2.51. The number of carbonyl (C=O) groups excluding carboxylic acids is 2. The number of nitrogens with zero attached hydrogens (tertiary/aromatic N) is 1. The van der Waals surface area contributed by atoms with Gasteiger partial charge < -0.3 is 9.64 Å². The molecule has 0 bridgehead atoms. The lowest BCUT2D eigenvalue weighted by molar-refractivity contribution is -0.148. The molecule has 15 heavy (non-hydrogen) atoms. The second kappa shape index (κ2) is 4.21. The maximum atomic E-state index is 11.8. The molecule has 4 heteroatoms. The highest BCUT2D eigenvalue weighted by atomic mass is 16.5. The molecule has 1 aliphatic carbocycles. The zero-order valence-electron chi connectivity index (χ0n) is 9.87. The standard InChI is InChI=1S/C11H19NO3/c1-5-15-9(13)7-12(4)10(14)8-6-11(8,2)3/h8H,5-7H2,1-4H3. The third kappa shape index (κ3) is 2.94. The van der Waals surface area contributed by atoms with Crippen LogP contribution < -0.4 is 0 Å². The molecule has 0 spiro atoms. The van der Waals surface area contributed by atoms with Crippen molar-refractivity contribution < 1.29 is 14.3 Å². The summed E-state index contributed by atoms with van der Waals surface area (Å²) in [5.74, 6) is -0.211. The molecular weight excluding hydrogens is 194 g/mol. The molecule has 0 heterocycles. The Labute approximate surface area is 90.6 Å². The first-order valence-electron chi connectivity index (χ1n) is 5.29. The van der Waals surface area contributed by atoms with Crippen LogP contribution in [0.5, 0.6) is 0 Å². The lowest BCUT2D eigenvalue weighted by Gasteiger charge is -2.16. The maximum absolute atomic E-state index is 11.8. The minimum absolute atomic E-state index is 0.0491. The fourth-order valence-corrected chi connectivity index (χ4v) is 1.63. The summed E-state index contributed by atoms with van der Waals surface area (Å²) in [6, 6.07) is 0. The Morgan fingerprint density at radius 3 is 2.40 bits per heavy atom.